The number of fused-ring (bicyclic) bond motifs is 1. The number of carbonyl (C=O) groups excluding carboxylic acids is 1. The van der Waals surface area contributed by atoms with Gasteiger partial charge in [0.1, 0.15) is 0 Å². The van der Waals surface area contributed by atoms with E-state index in [1.54, 1.807) is 0 Å². The Bertz CT molecular complexity index is 620. The van der Waals surface area contributed by atoms with Crippen molar-refractivity contribution in [1.29, 1.82) is 0 Å². The Morgan fingerprint density at radius 1 is 1.05 bits per heavy atom. The summed E-state index contributed by atoms with van der Waals surface area (Å²) in [5.74, 6) is -0.243. The number of hydrogen-bond acceptors (Lipinski definition) is 3. The topological polar surface area (TPSA) is 29.5 Å². The average molecular weight is 253 g/mol. The Hall–Kier alpha value is -2.29. The Labute approximate surface area is 112 Å². The minimum atomic E-state index is -0.278. The Morgan fingerprint density at radius 2 is 1.79 bits per heavy atom. The van der Waals surface area contributed by atoms with E-state index in [2.05, 4.69) is 0 Å². The van der Waals surface area contributed by atoms with Crippen LogP contribution in [0.2, 0.25) is 0 Å². The molecule has 1 heterocycles. The van der Waals surface area contributed by atoms with E-state index in [0.717, 1.165) is 16.8 Å². The van der Waals surface area contributed by atoms with Gasteiger partial charge in [0.25, 0.3) is 0 Å². The first kappa shape index (κ1) is 11.8. The fourth-order valence-electron chi connectivity index (χ4n) is 2.34. The lowest BCUT2D eigenvalue weighted by molar-refractivity contribution is 0.0456. The van der Waals surface area contributed by atoms with Crippen LogP contribution in [0.3, 0.4) is 0 Å². The van der Waals surface area contributed by atoms with Gasteiger partial charge in [-0.25, -0.2) is 4.79 Å². The van der Waals surface area contributed by atoms with Crippen molar-refractivity contribution in [3.63, 3.8) is 0 Å². The molecular weight excluding hydrogens is 238 g/mol. The van der Waals surface area contributed by atoms with Crippen molar-refractivity contribution in [2.24, 2.45) is 0 Å². The van der Waals surface area contributed by atoms with E-state index in [1.165, 1.54) is 0 Å². The number of nitrogens with zero attached hydrogens (tertiary/aromatic N) is 1. The van der Waals surface area contributed by atoms with E-state index in [0.29, 0.717) is 5.56 Å². The number of carbonyl (C=O) groups is 1. The maximum absolute atomic E-state index is 12.0. The molecule has 1 aliphatic rings. The van der Waals surface area contributed by atoms with Crippen molar-refractivity contribution in [3.8, 4) is 0 Å². The zero-order valence-corrected chi connectivity index (χ0v) is 11.0. The molecule has 0 bridgehead atoms. The van der Waals surface area contributed by atoms with Gasteiger partial charge in [-0.2, -0.15) is 0 Å². The average Bonchev–Trinajstić information content (AvgIpc) is 2.77. The molecule has 1 unspecified atom stereocenters. The number of benzene rings is 2. The maximum atomic E-state index is 12.0. The molecule has 0 spiro atoms. The highest BCUT2D eigenvalue weighted by Gasteiger charge is 2.32. The fourth-order valence-corrected chi connectivity index (χ4v) is 2.34. The van der Waals surface area contributed by atoms with Gasteiger partial charge in [-0.05, 0) is 17.7 Å². The molecule has 0 radical (unpaired) electrons. The van der Waals surface area contributed by atoms with E-state index in [1.807, 2.05) is 67.5 Å². The summed E-state index contributed by atoms with van der Waals surface area (Å²) in [5.41, 5.74) is 3.62. The number of ether oxygens (including phenoxy) is 1. The van der Waals surface area contributed by atoms with Crippen LogP contribution in [0, 0.1) is 0 Å². The van der Waals surface area contributed by atoms with Crippen molar-refractivity contribution >= 4 is 11.7 Å². The van der Waals surface area contributed by atoms with E-state index in [9.17, 15) is 4.79 Å². The molecule has 3 heteroatoms. The fraction of sp³-hybridized carbons (Fsp3) is 0.188. The molecule has 1 aliphatic heterocycles. The molecule has 0 fully saturated rings. The highest BCUT2D eigenvalue weighted by Crippen LogP contribution is 2.37. The van der Waals surface area contributed by atoms with Gasteiger partial charge < -0.3 is 9.64 Å². The Kier molecular flexibility index (Phi) is 2.75. The second kappa shape index (κ2) is 4.43. The van der Waals surface area contributed by atoms with Crippen LogP contribution < -0.4 is 4.90 Å². The predicted octanol–water partition coefficient (Wildman–Crippen LogP) is 3.01. The zero-order chi connectivity index (χ0) is 13.4. The molecule has 2 aromatic carbocycles. The Morgan fingerprint density at radius 3 is 2.47 bits per heavy atom. The molecule has 3 rings (SSSR count). The van der Waals surface area contributed by atoms with Crippen LogP contribution in [-0.4, -0.2) is 20.1 Å². The first-order valence-electron chi connectivity index (χ1n) is 6.24. The summed E-state index contributed by atoms with van der Waals surface area (Å²) in [6, 6.07) is 15.7. The largest absolute Gasteiger partial charge is 0.449 e. The minimum Gasteiger partial charge on any atom is -0.449 e. The normalized spacial score (nSPS) is 16.9. The molecular formula is C16H15NO2. The molecule has 0 saturated carbocycles. The van der Waals surface area contributed by atoms with E-state index in [-0.39, 0.29) is 12.1 Å². The lowest BCUT2D eigenvalue weighted by Crippen LogP contribution is -2.09. The monoisotopic (exact) mass is 253 g/mol. The second-order valence-corrected chi connectivity index (χ2v) is 4.86. The van der Waals surface area contributed by atoms with Crippen LogP contribution in [0.4, 0.5) is 5.69 Å². The number of anilines is 1. The van der Waals surface area contributed by atoms with Gasteiger partial charge in [0.15, 0.2) is 6.10 Å². The lowest BCUT2D eigenvalue weighted by Gasteiger charge is -2.14. The smallest absolute Gasteiger partial charge is 0.339 e. The lowest BCUT2D eigenvalue weighted by atomic mass is 9.99. The van der Waals surface area contributed by atoms with Gasteiger partial charge in [0, 0.05) is 25.3 Å². The minimum absolute atomic E-state index is 0.243. The molecule has 0 amide bonds. The van der Waals surface area contributed by atoms with E-state index >= 15 is 0 Å². The van der Waals surface area contributed by atoms with Crippen molar-refractivity contribution in [3.05, 3.63) is 65.2 Å². The van der Waals surface area contributed by atoms with Gasteiger partial charge >= 0.3 is 5.97 Å². The van der Waals surface area contributed by atoms with E-state index < -0.39 is 0 Å². The van der Waals surface area contributed by atoms with Crippen molar-refractivity contribution in [2.45, 2.75) is 6.10 Å². The van der Waals surface area contributed by atoms with Crippen LogP contribution in [0.25, 0.3) is 0 Å². The Balaban J connectivity index is 2.06. The van der Waals surface area contributed by atoms with Gasteiger partial charge in [0.05, 0.1) is 5.56 Å². The third-order valence-electron chi connectivity index (χ3n) is 3.38. The van der Waals surface area contributed by atoms with Crippen molar-refractivity contribution in [2.75, 3.05) is 19.0 Å². The predicted molar refractivity (Wildman–Crippen MR) is 74.5 cm³/mol. The molecule has 3 nitrogen and oxygen atoms in total. The van der Waals surface area contributed by atoms with Crippen molar-refractivity contribution in [1.82, 2.24) is 0 Å². The van der Waals surface area contributed by atoms with Gasteiger partial charge in [-0.3, -0.25) is 0 Å². The molecule has 0 N–H and O–H groups in total. The van der Waals surface area contributed by atoms with Crippen LogP contribution in [0.15, 0.2) is 48.5 Å². The molecule has 1 atom stereocenters. The zero-order valence-electron chi connectivity index (χ0n) is 11.0. The number of esters is 1. The van der Waals surface area contributed by atoms with Gasteiger partial charge in [-0.1, -0.05) is 36.4 Å². The quantitative estimate of drug-likeness (QED) is 0.770. The third kappa shape index (κ3) is 1.97. The summed E-state index contributed by atoms with van der Waals surface area (Å²) in [7, 11) is 3.91. The summed E-state index contributed by atoms with van der Waals surface area (Å²) >= 11 is 0. The summed E-state index contributed by atoms with van der Waals surface area (Å²) in [5, 5.41) is 0. The van der Waals surface area contributed by atoms with Crippen LogP contribution >= 0.6 is 0 Å². The summed E-state index contributed by atoms with van der Waals surface area (Å²) in [6.45, 7) is 0. The van der Waals surface area contributed by atoms with Crippen LogP contribution in [0.1, 0.15) is 27.6 Å². The molecule has 19 heavy (non-hydrogen) atoms. The van der Waals surface area contributed by atoms with Gasteiger partial charge in [-0.15, -0.1) is 0 Å². The maximum Gasteiger partial charge on any atom is 0.339 e. The number of rotatable bonds is 2. The third-order valence-corrected chi connectivity index (χ3v) is 3.38. The summed E-state index contributed by atoms with van der Waals surface area (Å²) < 4.78 is 5.50. The second-order valence-electron chi connectivity index (χ2n) is 4.86. The molecule has 0 saturated heterocycles. The van der Waals surface area contributed by atoms with E-state index in [4.69, 9.17) is 4.74 Å². The number of cyclic esters (lactones) is 1. The standard InChI is InChI=1S/C16H15NO2/c1-17(2)12-8-9-13-14(10-12)16(18)19-15(13)11-6-4-3-5-7-11/h3-10,15H,1-2H3. The SMILES string of the molecule is CN(C)c1ccc2c(c1)C(=O)OC2c1ccccc1. The van der Waals surface area contributed by atoms with Crippen LogP contribution in [0.5, 0.6) is 0 Å². The number of hydrogen-bond donors (Lipinski definition) is 0. The first-order valence-corrected chi connectivity index (χ1v) is 6.24. The van der Waals surface area contributed by atoms with Gasteiger partial charge in [0.2, 0.25) is 0 Å². The molecule has 0 aliphatic carbocycles. The van der Waals surface area contributed by atoms with Crippen LogP contribution in [-0.2, 0) is 4.74 Å². The summed E-state index contributed by atoms with van der Waals surface area (Å²) in [4.78, 5) is 14.0. The summed E-state index contributed by atoms with van der Waals surface area (Å²) in [6.07, 6.45) is -0.278. The molecule has 2 aromatic rings. The first-order chi connectivity index (χ1) is 9.16. The highest BCUT2D eigenvalue weighted by atomic mass is 16.5. The highest BCUT2D eigenvalue weighted by molar-refractivity contribution is 5.95. The molecule has 96 valence electrons. The van der Waals surface area contributed by atoms with Crippen molar-refractivity contribution < 1.29 is 9.53 Å². The molecule has 0 aromatic heterocycles.